The van der Waals surface area contributed by atoms with Crippen molar-refractivity contribution in [2.75, 3.05) is 13.2 Å². The molecule has 7 nitrogen and oxygen atoms in total. The summed E-state index contributed by atoms with van der Waals surface area (Å²) in [6.07, 6.45) is 3.53. The molecule has 0 spiro atoms. The molecule has 3 N–H and O–H groups in total. The van der Waals surface area contributed by atoms with Crippen molar-refractivity contribution in [1.82, 2.24) is 0 Å². The van der Waals surface area contributed by atoms with E-state index in [1.165, 1.54) is 6.08 Å². The Labute approximate surface area is 196 Å². The van der Waals surface area contributed by atoms with Crippen molar-refractivity contribution in [2.45, 2.75) is 90.1 Å². The Hall–Kier alpha value is -1.54. The van der Waals surface area contributed by atoms with Crippen molar-refractivity contribution in [3.63, 3.8) is 0 Å². The van der Waals surface area contributed by atoms with Crippen LogP contribution in [-0.2, 0) is 19.1 Å². The molecule has 3 aliphatic rings. The van der Waals surface area contributed by atoms with Crippen molar-refractivity contribution in [2.24, 2.45) is 23.2 Å². The van der Waals surface area contributed by atoms with E-state index < -0.39 is 41.4 Å². The normalized spacial score (nSPS) is 36.5. The van der Waals surface area contributed by atoms with Crippen LogP contribution in [0.1, 0.15) is 66.7 Å². The minimum absolute atomic E-state index is 0.0294. The van der Waals surface area contributed by atoms with Crippen LogP contribution >= 0.6 is 0 Å². The first kappa shape index (κ1) is 26.1. The van der Waals surface area contributed by atoms with Crippen LogP contribution in [0.2, 0.25) is 0 Å². The molecule has 1 saturated carbocycles. The molecule has 0 aromatic carbocycles. The first-order valence-corrected chi connectivity index (χ1v) is 12.2. The van der Waals surface area contributed by atoms with Gasteiger partial charge in [0.05, 0.1) is 13.2 Å². The SMILES string of the molecule is C=C(CO)[C@@]12OC1[C@@]1(C)C(=CC2=O)[C@H](OC(=O)C(O)(CO)CC(C)CC(C)CC)CC[C@@H]1C. The maximum absolute atomic E-state index is 13.1. The highest BCUT2D eigenvalue weighted by molar-refractivity contribution is 6.05. The molecule has 2 aliphatic carbocycles. The Morgan fingerprint density at radius 2 is 2.00 bits per heavy atom. The maximum Gasteiger partial charge on any atom is 0.341 e. The second kappa shape index (κ2) is 9.25. The van der Waals surface area contributed by atoms with E-state index in [1.807, 2.05) is 13.8 Å². The molecule has 2 fully saturated rings. The first-order valence-electron chi connectivity index (χ1n) is 12.2. The molecule has 1 heterocycles. The molecule has 3 rings (SSSR count). The summed E-state index contributed by atoms with van der Waals surface area (Å²) in [5.41, 5.74) is -2.75. The average molecular weight is 465 g/mol. The zero-order valence-corrected chi connectivity index (χ0v) is 20.6. The van der Waals surface area contributed by atoms with E-state index in [0.717, 1.165) is 19.3 Å². The fraction of sp³-hybridized carbons (Fsp3) is 0.769. The molecule has 1 aliphatic heterocycles. The predicted molar refractivity (Wildman–Crippen MR) is 123 cm³/mol. The third-order valence-electron chi connectivity index (χ3n) is 8.46. The predicted octanol–water partition coefficient (Wildman–Crippen LogP) is 2.72. The van der Waals surface area contributed by atoms with E-state index in [4.69, 9.17) is 9.47 Å². The molecule has 4 unspecified atom stereocenters. The molecule has 0 aromatic heterocycles. The largest absolute Gasteiger partial charge is 0.456 e. The van der Waals surface area contributed by atoms with Gasteiger partial charge < -0.3 is 24.8 Å². The van der Waals surface area contributed by atoms with Crippen molar-refractivity contribution in [1.29, 1.82) is 0 Å². The van der Waals surface area contributed by atoms with Gasteiger partial charge in [0.25, 0.3) is 0 Å². The van der Waals surface area contributed by atoms with Gasteiger partial charge in [-0.2, -0.15) is 0 Å². The lowest BCUT2D eigenvalue weighted by atomic mass is 9.57. The Bertz CT molecular complexity index is 834. The highest BCUT2D eigenvalue weighted by atomic mass is 16.6. The Balaban J connectivity index is 1.82. The van der Waals surface area contributed by atoms with E-state index in [-0.39, 0.29) is 30.6 Å². The maximum atomic E-state index is 13.1. The fourth-order valence-electron chi connectivity index (χ4n) is 5.93. The zero-order chi connectivity index (χ0) is 24.8. The van der Waals surface area contributed by atoms with Gasteiger partial charge in [0.1, 0.15) is 12.2 Å². The molecular weight excluding hydrogens is 424 g/mol. The molecule has 0 radical (unpaired) electrons. The number of carbonyl (C=O) groups excluding carboxylic acids is 2. The smallest absolute Gasteiger partial charge is 0.341 e. The van der Waals surface area contributed by atoms with Crippen molar-refractivity contribution in [3.8, 4) is 0 Å². The molecule has 33 heavy (non-hydrogen) atoms. The third-order valence-corrected chi connectivity index (χ3v) is 8.46. The number of hydrogen-bond donors (Lipinski definition) is 3. The van der Waals surface area contributed by atoms with Crippen LogP contribution in [0.3, 0.4) is 0 Å². The van der Waals surface area contributed by atoms with Crippen LogP contribution in [0.4, 0.5) is 0 Å². The second-order valence-corrected chi connectivity index (χ2v) is 10.9. The Kier molecular flexibility index (Phi) is 7.31. The number of esters is 1. The van der Waals surface area contributed by atoms with Crippen LogP contribution in [0, 0.1) is 23.2 Å². The van der Waals surface area contributed by atoms with E-state index >= 15 is 0 Å². The number of aliphatic hydroxyl groups excluding tert-OH is 2. The summed E-state index contributed by atoms with van der Waals surface area (Å²) >= 11 is 0. The van der Waals surface area contributed by atoms with Crippen molar-refractivity contribution < 1.29 is 34.4 Å². The van der Waals surface area contributed by atoms with Gasteiger partial charge in [-0.25, -0.2) is 4.79 Å². The average Bonchev–Trinajstić information content (AvgIpc) is 3.55. The Morgan fingerprint density at radius 3 is 2.58 bits per heavy atom. The summed E-state index contributed by atoms with van der Waals surface area (Å²) in [5, 5.41) is 30.5. The lowest BCUT2D eigenvalue weighted by molar-refractivity contribution is -0.178. The summed E-state index contributed by atoms with van der Waals surface area (Å²) in [4.78, 5) is 26.1. The quantitative estimate of drug-likeness (QED) is 0.259. The molecular formula is C26H40O7. The number of ketones is 1. The first-order chi connectivity index (χ1) is 15.4. The molecule has 0 bridgehead atoms. The van der Waals surface area contributed by atoms with Crippen LogP contribution in [0.15, 0.2) is 23.8 Å². The van der Waals surface area contributed by atoms with Crippen LogP contribution < -0.4 is 0 Å². The lowest BCUT2D eigenvalue weighted by Crippen LogP contribution is -2.53. The fourth-order valence-corrected chi connectivity index (χ4v) is 5.93. The summed E-state index contributed by atoms with van der Waals surface area (Å²) in [6.45, 7) is 13.0. The number of epoxide rings is 1. The molecule has 186 valence electrons. The number of rotatable bonds is 10. The highest BCUT2D eigenvalue weighted by Crippen LogP contribution is 2.63. The van der Waals surface area contributed by atoms with E-state index in [1.54, 1.807) is 0 Å². The lowest BCUT2D eigenvalue weighted by Gasteiger charge is -2.47. The van der Waals surface area contributed by atoms with Crippen LogP contribution in [0.5, 0.6) is 0 Å². The Morgan fingerprint density at radius 1 is 1.33 bits per heavy atom. The molecule has 0 amide bonds. The molecule has 1 saturated heterocycles. The van der Waals surface area contributed by atoms with Crippen LogP contribution in [0.25, 0.3) is 0 Å². The number of hydrogen-bond acceptors (Lipinski definition) is 7. The molecule has 8 atom stereocenters. The number of aliphatic hydroxyl groups is 3. The minimum atomic E-state index is -1.99. The third kappa shape index (κ3) is 4.22. The summed E-state index contributed by atoms with van der Waals surface area (Å²) in [5.74, 6) is -0.525. The van der Waals surface area contributed by atoms with Gasteiger partial charge in [0, 0.05) is 5.41 Å². The monoisotopic (exact) mass is 464 g/mol. The van der Waals surface area contributed by atoms with Gasteiger partial charge in [-0.05, 0) is 60.7 Å². The van der Waals surface area contributed by atoms with Gasteiger partial charge in [-0.1, -0.05) is 47.6 Å². The zero-order valence-electron chi connectivity index (χ0n) is 20.6. The van der Waals surface area contributed by atoms with E-state index in [0.29, 0.717) is 23.5 Å². The van der Waals surface area contributed by atoms with Crippen molar-refractivity contribution in [3.05, 3.63) is 23.8 Å². The second-order valence-electron chi connectivity index (χ2n) is 10.9. The van der Waals surface area contributed by atoms with Gasteiger partial charge in [0.2, 0.25) is 0 Å². The van der Waals surface area contributed by atoms with E-state index in [2.05, 4.69) is 27.4 Å². The highest BCUT2D eigenvalue weighted by Gasteiger charge is 2.74. The summed E-state index contributed by atoms with van der Waals surface area (Å²) < 4.78 is 11.7. The molecule has 7 heteroatoms. The van der Waals surface area contributed by atoms with Crippen LogP contribution in [-0.4, -0.2) is 63.7 Å². The summed E-state index contributed by atoms with van der Waals surface area (Å²) in [6, 6.07) is 0. The number of ether oxygens (including phenoxy) is 2. The van der Waals surface area contributed by atoms with Crippen molar-refractivity contribution >= 4 is 11.8 Å². The van der Waals surface area contributed by atoms with Gasteiger partial charge in [0.15, 0.2) is 17.0 Å². The summed E-state index contributed by atoms with van der Waals surface area (Å²) in [7, 11) is 0. The van der Waals surface area contributed by atoms with Gasteiger partial charge in [-0.3, -0.25) is 4.79 Å². The topological polar surface area (TPSA) is 117 Å². The molecule has 0 aromatic rings. The standard InChI is InChI=1S/C26H40O7/c1-7-15(2)10-16(3)12-25(31,14-28)23(30)32-20-9-8-17(4)24(6)19(20)11-21(29)26(18(5)13-27)22(24)33-26/h11,15-17,20,22,27-28,31H,5,7-10,12-14H2,1-4,6H3/t15?,16?,17-,20+,22?,24+,25?,26-/m0/s1. The van der Waals surface area contributed by atoms with E-state index in [9.17, 15) is 24.9 Å². The minimum Gasteiger partial charge on any atom is -0.456 e. The number of carbonyl (C=O) groups is 2. The van der Waals surface area contributed by atoms with Gasteiger partial charge >= 0.3 is 5.97 Å². The number of fused-ring (bicyclic) bond motifs is 3. The van der Waals surface area contributed by atoms with Gasteiger partial charge in [-0.15, -0.1) is 0 Å².